The lowest BCUT2D eigenvalue weighted by Gasteiger charge is -2.35. The molecule has 0 saturated carbocycles. The van der Waals surface area contributed by atoms with Gasteiger partial charge in [-0.2, -0.15) is 0 Å². The summed E-state index contributed by atoms with van der Waals surface area (Å²) in [5, 5.41) is 2.08. The minimum absolute atomic E-state index is 0.123. The van der Waals surface area contributed by atoms with Crippen molar-refractivity contribution >= 4 is 38.8 Å². The second-order valence-corrected chi connectivity index (χ2v) is 30.0. The lowest BCUT2D eigenvalue weighted by atomic mass is 9.72. The Morgan fingerprint density at radius 1 is 0.368 bits per heavy atom. The Morgan fingerprint density at radius 2 is 0.676 bits per heavy atom. The van der Waals surface area contributed by atoms with E-state index in [4.69, 9.17) is 26.5 Å². The van der Waals surface area contributed by atoms with Crippen molar-refractivity contribution < 1.29 is 26.5 Å². The summed E-state index contributed by atoms with van der Waals surface area (Å²) >= 11 is 0. The summed E-state index contributed by atoms with van der Waals surface area (Å²) in [4.78, 5) is 0. The van der Waals surface area contributed by atoms with E-state index in [0.717, 1.165) is 77.9 Å². The molecule has 6 nitrogen and oxygen atoms in total. The molecule has 0 unspecified atom stereocenters. The van der Waals surface area contributed by atoms with Gasteiger partial charge in [0.2, 0.25) is 0 Å². The van der Waals surface area contributed by atoms with Crippen molar-refractivity contribution in [1.82, 2.24) is 0 Å². The number of fused-ring (bicyclic) bond motifs is 3. The molecule has 1 aliphatic heterocycles. The van der Waals surface area contributed by atoms with Crippen LogP contribution in [0, 0.1) is 13.8 Å². The van der Waals surface area contributed by atoms with Crippen LogP contribution in [0.2, 0.25) is 0 Å². The third kappa shape index (κ3) is 11.0. The van der Waals surface area contributed by atoms with Crippen molar-refractivity contribution in [2.75, 3.05) is 13.2 Å². The van der Waals surface area contributed by atoms with Crippen molar-refractivity contribution in [2.45, 2.75) is 223 Å². The maximum atomic E-state index is 7.81. The Balaban J connectivity index is 1.94. The van der Waals surface area contributed by atoms with Crippen LogP contribution in [-0.2, 0) is 52.4 Å². The quantitative estimate of drug-likeness (QED) is 0.164. The molecule has 8 heteroatoms. The first-order valence-electron chi connectivity index (χ1n) is 25.0. The van der Waals surface area contributed by atoms with Gasteiger partial charge in [-0.05, 0) is 103 Å². The number of benzene rings is 4. The fourth-order valence-electron chi connectivity index (χ4n) is 9.48. The molecular weight excluding hydrogens is 879 g/mol. The van der Waals surface area contributed by atoms with Crippen LogP contribution < -0.4 is 9.05 Å². The SMILES string of the molecule is Cc1c(C(C)(C)C)cc(C(C)(C)C)c(OP2OCCO2)c1-c1c(C)c(C(C)(C)C)cc(C(C)(C)C)c1Op1oc2c(C(C)(C)C)cc(C(C)(C)C)cc2c2cc(C(C)(C)C)cc(C(C)(C)C)c2o1. The number of hydrogen-bond acceptors (Lipinski definition) is 6. The average molecular weight is 967 g/mol. The lowest BCUT2D eigenvalue weighted by molar-refractivity contribution is 0.349. The van der Waals surface area contributed by atoms with Gasteiger partial charge in [-0.15, -0.1) is 0 Å². The molecule has 0 radical (unpaired) electrons. The molecule has 0 atom stereocenters. The van der Waals surface area contributed by atoms with Crippen LogP contribution in [0.25, 0.3) is 33.1 Å². The molecule has 4 aromatic carbocycles. The summed E-state index contributed by atoms with van der Waals surface area (Å²) < 4.78 is 42.3. The average Bonchev–Trinajstić information content (AvgIpc) is 3.59. The van der Waals surface area contributed by atoms with E-state index in [1.807, 2.05) is 0 Å². The second-order valence-electron chi connectivity index (χ2n) is 27.9. The van der Waals surface area contributed by atoms with E-state index in [2.05, 4.69) is 216 Å². The van der Waals surface area contributed by atoms with Crippen molar-refractivity contribution in [2.24, 2.45) is 0 Å². The van der Waals surface area contributed by atoms with Crippen LogP contribution in [0.1, 0.15) is 222 Å². The van der Waals surface area contributed by atoms with Crippen LogP contribution in [0.4, 0.5) is 0 Å². The molecule has 0 N–H and O–H groups in total. The largest absolute Gasteiger partial charge is 0.453 e. The molecule has 0 bridgehead atoms. The molecule has 0 aliphatic carbocycles. The molecule has 1 aromatic heterocycles. The highest BCUT2D eigenvalue weighted by atomic mass is 31.2. The zero-order valence-corrected chi connectivity index (χ0v) is 49.0. The van der Waals surface area contributed by atoms with E-state index >= 15 is 0 Å². The summed E-state index contributed by atoms with van der Waals surface area (Å²) in [6.45, 7) is 60.4. The summed E-state index contributed by atoms with van der Waals surface area (Å²) in [5.41, 5.74) is 13.4. The predicted octanol–water partition coefficient (Wildman–Crippen LogP) is 19.4. The number of hydrogen-bond donors (Lipinski definition) is 0. The van der Waals surface area contributed by atoms with Gasteiger partial charge in [-0.1, -0.05) is 190 Å². The van der Waals surface area contributed by atoms with E-state index in [1.165, 1.54) is 22.3 Å². The normalized spacial score (nSPS) is 15.2. The van der Waals surface area contributed by atoms with Crippen LogP contribution in [0.3, 0.4) is 0 Å². The predicted molar refractivity (Wildman–Crippen MR) is 293 cm³/mol. The second kappa shape index (κ2) is 17.8. The topological polar surface area (TPSA) is 63.2 Å². The standard InChI is InChI=1S/C60H88O6P2/c1-35-41(55(9,10)11)33-45(59(21,22)23)51(65-67-61-27-28-62-67)47(35)48-36(2)42(56(12,13)14)34-46(60(24,25)26)52(48)66-68-63-49-39(29-37(53(3,4)5)31-43(49)57(15,16)17)40-30-38(54(6,7)8)32-44(50(40)64-68)58(18,19)20/h29-34H,27-28H2,1-26H3. The first-order valence-corrected chi connectivity index (χ1v) is 27.1. The van der Waals surface area contributed by atoms with E-state index < -0.39 is 16.8 Å². The van der Waals surface area contributed by atoms with Gasteiger partial charge in [-0.3, -0.25) is 0 Å². The van der Waals surface area contributed by atoms with Gasteiger partial charge >= 0.3 is 16.8 Å². The Labute approximate surface area is 414 Å². The van der Waals surface area contributed by atoms with Crippen molar-refractivity contribution in [3.8, 4) is 22.6 Å². The summed E-state index contributed by atoms with van der Waals surface area (Å²) in [6, 6.07) is 14.2. The Bertz CT molecular complexity index is 2670. The smallest absolute Gasteiger partial charge is 0.426 e. The molecule has 1 saturated heterocycles. The van der Waals surface area contributed by atoms with Gasteiger partial charge in [0, 0.05) is 44.2 Å². The Kier molecular flexibility index (Phi) is 14.1. The maximum absolute atomic E-state index is 7.81. The molecule has 6 rings (SSSR count). The maximum Gasteiger partial charge on any atom is 0.453 e. The monoisotopic (exact) mass is 967 g/mol. The highest BCUT2D eigenvalue weighted by Gasteiger charge is 2.38. The third-order valence-electron chi connectivity index (χ3n) is 13.5. The van der Waals surface area contributed by atoms with E-state index in [9.17, 15) is 0 Å². The Hall–Kier alpha value is -3.27. The first-order chi connectivity index (χ1) is 30.6. The van der Waals surface area contributed by atoms with Gasteiger partial charge in [0.15, 0.2) is 0 Å². The van der Waals surface area contributed by atoms with Gasteiger partial charge in [0.1, 0.15) is 22.7 Å². The summed E-state index contributed by atoms with van der Waals surface area (Å²) in [7, 11) is -3.79. The van der Waals surface area contributed by atoms with Gasteiger partial charge in [0.05, 0.1) is 13.2 Å². The highest BCUT2D eigenvalue weighted by molar-refractivity contribution is 7.42. The molecule has 68 heavy (non-hydrogen) atoms. The van der Waals surface area contributed by atoms with Gasteiger partial charge < -0.3 is 26.5 Å². The van der Waals surface area contributed by atoms with Crippen LogP contribution in [0.15, 0.2) is 44.8 Å². The van der Waals surface area contributed by atoms with Crippen molar-refractivity contribution in [1.29, 1.82) is 0 Å². The minimum atomic E-state index is -2.15. The van der Waals surface area contributed by atoms with Gasteiger partial charge in [0.25, 0.3) is 0 Å². The van der Waals surface area contributed by atoms with E-state index in [0.29, 0.717) is 13.2 Å². The molecule has 374 valence electrons. The lowest BCUT2D eigenvalue weighted by Crippen LogP contribution is -2.22. The molecular formula is C60H88O6P2. The van der Waals surface area contributed by atoms with Crippen LogP contribution in [0.5, 0.6) is 11.5 Å². The molecule has 0 spiro atoms. The van der Waals surface area contributed by atoms with Crippen molar-refractivity contribution in [3.63, 3.8) is 0 Å². The summed E-state index contributed by atoms with van der Waals surface area (Å²) in [5.74, 6) is 1.52. The third-order valence-corrected chi connectivity index (χ3v) is 15.6. The minimum Gasteiger partial charge on any atom is -0.426 e. The molecule has 1 fully saturated rings. The van der Waals surface area contributed by atoms with E-state index in [-0.39, 0.29) is 43.3 Å². The molecule has 0 amide bonds. The summed E-state index contributed by atoms with van der Waals surface area (Å²) in [6.07, 6.45) is 0. The van der Waals surface area contributed by atoms with E-state index in [1.54, 1.807) is 0 Å². The fraction of sp³-hybridized carbons (Fsp3) is 0.600. The number of rotatable bonds is 5. The van der Waals surface area contributed by atoms with Crippen LogP contribution in [-0.4, -0.2) is 13.2 Å². The fourth-order valence-corrected chi connectivity index (χ4v) is 11.6. The first kappa shape index (κ1) is 54.1. The van der Waals surface area contributed by atoms with Crippen molar-refractivity contribution in [3.05, 3.63) is 92.0 Å². The zero-order valence-electron chi connectivity index (χ0n) is 47.2. The molecule has 1 aliphatic rings. The highest BCUT2D eigenvalue weighted by Crippen LogP contribution is 2.58. The molecule has 2 heterocycles. The zero-order chi connectivity index (χ0) is 51.4. The van der Waals surface area contributed by atoms with Crippen LogP contribution >= 0.6 is 16.8 Å². The van der Waals surface area contributed by atoms with Gasteiger partial charge in [-0.25, -0.2) is 0 Å². The Morgan fingerprint density at radius 3 is 0.971 bits per heavy atom. The molecule has 5 aromatic rings.